The number of halogens is 2. The molecule has 3 aromatic rings. The van der Waals surface area contributed by atoms with Crippen LogP contribution in [0.4, 0.5) is 8.78 Å². The standard InChI is InChI=1S/C23H26F2N4O2/c1-3-5-10-20-27-22(23(24,25)13-4-2)28-29(20)15-16-11-12-19(26-14-16)17-8-6-7-9-18(17)21(30)31/h6-9,11-12,14H,3-5,10,13,15H2,1-2H3,(H,30,31). The first-order chi connectivity index (χ1) is 14.9. The number of carboxylic acids is 1. The molecule has 2 aromatic heterocycles. The first-order valence-corrected chi connectivity index (χ1v) is 10.4. The highest BCUT2D eigenvalue weighted by Gasteiger charge is 2.36. The first-order valence-electron chi connectivity index (χ1n) is 10.4. The van der Waals surface area contributed by atoms with Crippen LogP contribution in [-0.4, -0.2) is 30.8 Å². The molecule has 1 N–H and O–H groups in total. The van der Waals surface area contributed by atoms with Crippen LogP contribution in [0.1, 0.15) is 67.1 Å². The van der Waals surface area contributed by atoms with Gasteiger partial charge < -0.3 is 5.11 Å². The maximum absolute atomic E-state index is 14.4. The molecule has 0 amide bonds. The molecule has 0 unspecified atom stereocenters. The molecule has 164 valence electrons. The summed E-state index contributed by atoms with van der Waals surface area (Å²) in [5, 5.41) is 13.5. The van der Waals surface area contributed by atoms with E-state index in [1.165, 1.54) is 10.7 Å². The number of pyridine rings is 1. The van der Waals surface area contributed by atoms with Gasteiger partial charge >= 0.3 is 11.9 Å². The number of unbranched alkanes of at least 4 members (excludes halogenated alkanes) is 1. The zero-order valence-electron chi connectivity index (χ0n) is 17.7. The number of hydrogen-bond acceptors (Lipinski definition) is 4. The van der Waals surface area contributed by atoms with Crippen molar-refractivity contribution in [2.24, 2.45) is 0 Å². The summed E-state index contributed by atoms with van der Waals surface area (Å²) in [6, 6.07) is 10.2. The van der Waals surface area contributed by atoms with Gasteiger partial charge in [-0.3, -0.25) is 4.98 Å². The molecular formula is C23H26F2N4O2. The molecule has 0 bridgehead atoms. The van der Waals surface area contributed by atoms with E-state index in [0.717, 1.165) is 18.4 Å². The number of alkyl halides is 2. The molecule has 3 rings (SSSR count). The summed E-state index contributed by atoms with van der Waals surface area (Å²) in [5.41, 5.74) is 1.99. The van der Waals surface area contributed by atoms with Crippen molar-refractivity contribution in [3.8, 4) is 11.3 Å². The minimum Gasteiger partial charge on any atom is -0.478 e. The summed E-state index contributed by atoms with van der Waals surface area (Å²) in [4.78, 5) is 20.0. The number of nitrogens with zero attached hydrogens (tertiary/aromatic N) is 4. The minimum atomic E-state index is -3.05. The Morgan fingerprint density at radius 1 is 1.13 bits per heavy atom. The van der Waals surface area contributed by atoms with Crippen LogP contribution >= 0.6 is 0 Å². The van der Waals surface area contributed by atoms with E-state index in [1.54, 1.807) is 43.5 Å². The molecule has 0 radical (unpaired) electrons. The maximum atomic E-state index is 14.4. The average Bonchev–Trinajstić information content (AvgIpc) is 3.16. The third-order valence-electron chi connectivity index (χ3n) is 4.98. The van der Waals surface area contributed by atoms with Crippen molar-refractivity contribution >= 4 is 5.97 Å². The van der Waals surface area contributed by atoms with Crippen molar-refractivity contribution in [2.75, 3.05) is 0 Å². The van der Waals surface area contributed by atoms with Crippen LogP contribution in [0.3, 0.4) is 0 Å². The zero-order chi connectivity index (χ0) is 22.4. The topological polar surface area (TPSA) is 80.9 Å². The van der Waals surface area contributed by atoms with Gasteiger partial charge in [-0.1, -0.05) is 44.5 Å². The summed E-state index contributed by atoms with van der Waals surface area (Å²) >= 11 is 0. The van der Waals surface area contributed by atoms with E-state index in [0.29, 0.717) is 29.9 Å². The highest BCUT2D eigenvalue weighted by molar-refractivity contribution is 5.95. The van der Waals surface area contributed by atoms with Gasteiger partial charge in [0.05, 0.1) is 17.8 Å². The molecule has 2 heterocycles. The van der Waals surface area contributed by atoms with Crippen molar-refractivity contribution in [2.45, 2.75) is 58.4 Å². The Balaban J connectivity index is 1.87. The largest absolute Gasteiger partial charge is 0.478 e. The van der Waals surface area contributed by atoms with Gasteiger partial charge in [-0.05, 0) is 30.5 Å². The number of hydrogen-bond donors (Lipinski definition) is 1. The second-order valence-electron chi connectivity index (χ2n) is 7.47. The zero-order valence-corrected chi connectivity index (χ0v) is 17.7. The first kappa shape index (κ1) is 22.5. The fourth-order valence-corrected chi connectivity index (χ4v) is 3.34. The molecule has 0 saturated carbocycles. The second kappa shape index (κ2) is 9.76. The van der Waals surface area contributed by atoms with E-state index in [4.69, 9.17) is 0 Å². The minimum absolute atomic E-state index is 0.170. The van der Waals surface area contributed by atoms with Crippen LogP contribution in [0.15, 0.2) is 42.6 Å². The van der Waals surface area contributed by atoms with E-state index < -0.39 is 17.7 Å². The number of aromatic carboxylic acids is 1. The van der Waals surface area contributed by atoms with Crippen LogP contribution in [-0.2, 0) is 18.9 Å². The van der Waals surface area contributed by atoms with Crippen LogP contribution in [0.5, 0.6) is 0 Å². The monoisotopic (exact) mass is 428 g/mol. The summed E-state index contributed by atoms with van der Waals surface area (Å²) in [6.45, 7) is 4.01. The van der Waals surface area contributed by atoms with E-state index in [2.05, 4.69) is 15.1 Å². The summed E-state index contributed by atoms with van der Waals surface area (Å²) < 4.78 is 30.2. The van der Waals surface area contributed by atoms with Crippen molar-refractivity contribution < 1.29 is 18.7 Å². The number of benzene rings is 1. The predicted octanol–water partition coefficient (Wildman–Crippen LogP) is 5.32. The van der Waals surface area contributed by atoms with Crippen molar-refractivity contribution in [1.29, 1.82) is 0 Å². The Hall–Kier alpha value is -3.16. The SMILES string of the molecule is CCCCc1nc(C(F)(F)CCC)nn1Cc1ccc(-c2ccccc2C(=O)O)nc1. The molecule has 8 heteroatoms. The fraction of sp³-hybridized carbons (Fsp3) is 0.391. The molecule has 0 spiro atoms. The van der Waals surface area contributed by atoms with Gasteiger partial charge in [0.15, 0.2) is 0 Å². The van der Waals surface area contributed by atoms with Crippen LogP contribution in [0.25, 0.3) is 11.3 Å². The quantitative estimate of drug-likeness (QED) is 0.473. The van der Waals surface area contributed by atoms with Crippen molar-refractivity contribution in [1.82, 2.24) is 19.7 Å². The second-order valence-corrected chi connectivity index (χ2v) is 7.47. The third kappa shape index (κ3) is 5.31. The molecular weight excluding hydrogens is 402 g/mol. The Labute approximate surface area is 180 Å². The van der Waals surface area contributed by atoms with E-state index in [9.17, 15) is 18.7 Å². The molecule has 31 heavy (non-hydrogen) atoms. The lowest BCUT2D eigenvalue weighted by atomic mass is 10.0. The highest BCUT2D eigenvalue weighted by Crippen LogP contribution is 2.31. The third-order valence-corrected chi connectivity index (χ3v) is 4.98. The Morgan fingerprint density at radius 3 is 2.55 bits per heavy atom. The number of aryl methyl sites for hydroxylation is 1. The number of rotatable bonds is 10. The molecule has 0 atom stereocenters. The molecule has 0 aliphatic carbocycles. The van der Waals surface area contributed by atoms with E-state index in [1.807, 2.05) is 6.92 Å². The van der Waals surface area contributed by atoms with Crippen molar-refractivity contribution in [3.63, 3.8) is 0 Å². The van der Waals surface area contributed by atoms with Gasteiger partial charge in [0.1, 0.15) is 5.82 Å². The van der Waals surface area contributed by atoms with E-state index >= 15 is 0 Å². The number of carbonyl (C=O) groups is 1. The van der Waals surface area contributed by atoms with Crippen LogP contribution in [0, 0.1) is 0 Å². The fourth-order valence-electron chi connectivity index (χ4n) is 3.34. The number of aromatic nitrogens is 4. The molecule has 0 aliphatic heterocycles. The van der Waals surface area contributed by atoms with Gasteiger partial charge in [0, 0.05) is 24.6 Å². The molecule has 0 saturated heterocycles. The maximum Gasteiger partial charge on any atom is 0.336 e. The lowest BCUT2D eigenvalue weighted by Gasteiger charge is -2.10. The van der Waals surface area contributed by atoms with Gasteiger partial charge in [-0.15, -0.1) is 5.10 Å². The van der Waals surface area contributed by atoms with Crippen LogP contribution in [0.2, 0.25) is 0 Å². The molecule has 6 nitrogen and oxygen atoms in total. The summed E-state index contributed by atoms with van der Waals surface area (Å²) in [7, 11) is 0. The van der Waals surface area contributed by atoms with Gasteiger partial charge in [0.2, 0.25) is 5.82 Å². The number of carboxylic acid groups (broad SMARTS) is 1. The highest BCUT2D eigenvalue weighted by atomic mass is 19.3. The molecule has 1 aromatic carbocycles. The summed E-state index contributed by atoms with van der Waals surface area (Å²) in [5.74, 6) is -3.97. The Kier molecular flexibility index (Phi) is 7.09. The average molecular weight is 428 g/mol. The van der Waals surface area contributed by atoms with Gasteiger partial charge in [-0.25, -0.2) is 14.5 Å². The van der Waals surface area contributed by atoms with Crippen LogP contribution < -0.4 is 0 Å². The van der Waals surface area contributed by atoms with Gasteiger partial charge in [0.25, 0.3) is 0 Å². The Morgan fingerprint density at radius 2 is 1.90 bits per heavy atom. The lowest BCUT2D eigenvalue weighted by Crippen LogP contribution is -2.16. The normalized spacial score (nSPS) is 11.6. The Bertz CT molecular complexity index is 1030. The lowest BCUT2D eigenvalue weighted by molar-refractivity contribution is -0.0232. The summed E-state index contributed by atoms with van der Waals surface area (Å²) in [6.07, 6.45) is 4.00. The predicted molar refractivity (Wildman–Crippen MR) is 113 cm³/mol. The van der Waals surface area contributed by atoms with Gasteiger partial charge in [-0.2, -0.15) is 8.78 Å². The van der Waals surface area contributed by atoms with E-state index in [-0.39, 0.29) is 18.5 Å². The molecule has 0 fully saturated rings. The molecule has 0 aliphatic rings. The van der Waals surface area contributed by atoms with Crippen molar-refractivity contribution in [3.05, 3.63) is 65.4 Å². The smallest absolute Gasteiger partial charge is 0.336 e.